The van der Waals surface area contributed by atoms with E-state index >= 15 is 0 Å². The molecular weight excluding hydrogens is 344 g/mol. The summed E-state index contributed by atoms with van der Waals surface area (Å²) in [6.07, 6.45) is 3.45. The number of rotatable bonds is 8. The number of nitrogens with one attached hydrogen (secondary N) is 1. The van der Waals surface area contributed by atoms with Crippen LogP contribution in [-0.4, -0.2) is 49.4 Å². The fourth-order valence-corrected chi connectivity index (χ4v) is 2.92. The third kappa shape index (κ3) is 5.92. The highest BCUT2D eigenvalue weighted by atomic mass is 32.2. The second-order valence-electron chi connectivity index (χ2n) is 6.34. The van der Waals surface area contributed by atoms with Crippen LogP contribution in [0.4, 0.5) is 0 Å². The molecule has 0 radical (unpaired) electrons. The van der Waals surface area contributed by atoms with Crippen LogP contribution in [0, 0.1) is 0 Å². The standard InChI is InChI=1S/C21H26N2O2S/c1-23(2)20(24)15-16-5-7-17(8-6-16)18-9-11-19(12-10-18)21(25)22-13-4-14-26-3/h5-12H,4,13-15H2,1-3H3,(H,22,25). The number of amides is 2. The van der Waals surface area contributed by atoms with Gasteiger partial charge < -0.3 is 10.2 Å². The van der Waals surface area contributed by atoms with E-state index in [0.29, 0.717) is 18.5 Å². The molecule has 0 aliphatic carbocycles. The van der Waals surface area contributed by atoms with Gasteiger partial charge in [-0.3, -0.25) is 9.59 Å². The fraction of sp³-hybridized carbons (Fsp3) is 0.333. The molecule has 0 atom stereocenters. The first-order chi connectivity index (χ1) is 12.5. The Morgan fingerprint density at radius 1 is 0.962 bits per heavy atom. The topological polar surface area (TPSA) is 49.4 Å². The zero-order valence-electron chi connectivity index (χ0n) is 15.6. The van der Waals surface area contributed by atoms with Gasteiger partial charge in [-0.15, -0.1) is 0 Å². The van der Waals surface area contributed by atoms with Crippen LogP contribution in [0.15, 0.2) is 48.5 Å². The number of hydrogen-bond donors (Lipinski definition) is 1. The van der Waals surface area contributed by atoms with Crippen LogP contribution in [0.1, 0.15) is 22.3 Å². The highest BCUT2D eigenvalue weighted by molar-refractivity contribution is 7.98. The van der Waals surface area contributed by atoms with Crippen LogP contribution >= 0.6 is 11.8 Å². The van der Waals surface area contributed by atoms with Crippen molar-refractivity contribution in [2.75, 3.05) is 32.6 Å². The molecule has 0 unspecified atom stereocenters. The Kier molecular flexibility index (Phi) is 7.73. The first kappa shape index (κ1) is 20.0. The molecule has 0 spiro atoms. The molecule has 0 aromatic heterocycles. The van der Waals surface area contributed by atoms with Crippen LogP contribution in [0.3, 0.4) is 0 Å². The number of nitrogens with zero attached hydrogens (tertiary/aromatic N) is 1. The summed E-state index contributed by atoms with van der Waals surface area (Å²) >= 11 is 1.78. The average Bonchev–Trinajstić information content (AvgIpc) is 2.65. The van der Waals surface area contributed by atoms with Crippen molar-refractivity contribution in [1.82, 2.24) is 10.2 Å². The molecule has 0 saturated heterocycles. The summed E-state index contributed by atoms with van der Waals surface area (Å²) < 4.78 is 0. The van der Waals surface area contributed by atoms with Crippen LogP contribution < -0.4 is 5.32 Å². The Labute approximate surface area is 160 Å². The van der Waals surface area contributed by atoms with Crippen molar-refractivity contribution in [3.63, 3.8) is 0 Å². The molecule has 1 N–H and O–H groups in total. The maximum Gasteiger partial charge on any atom is 0.251 e. The van der Waals surface area contributed by atoms with E-state index in [2.05, 4.69) is 11.6 Å². The summed E-state index contributed by atoms with van der Waals surface area (Å²) in [5.41, 5.74) is 3.78. The third-order valence-electron chi connectivity index (χ3n) is 4.10. The van der Waals surface area contributed by atoms with Crippen molar-refractivity contribution in [3.8, 4) is 11.1 Å². The summed E-state index contributed by atoms with van der Waals surface area (Å²) in [7, 11) is 3.52. The second kappa shape index (κ2) is 10.0. The maximum atomic E-state index is 12.1. The molecule has 0 heterocycles. The predicted molar refractivity (Wildman–Crippen MR) is 110 cm³/mol. The van der Waals surface area contributed by atoms with Crippen LogP contribution in [0.2, 0.25) is 0 Å². The highest BCUT2D eigenvalue weighted by Gasteiger charge is 2.07. The summed E-state index contributed by atoms with van der Waals surface area (Å²) in [6.45, 7) is 0.703. The smallest absolute Gasteiger partial charge is 0.251 e. The first-order valence-corrected chi connectivity index (χ1v) is 10.1. The Hall–Kier alpha value is -2.27. The van der Waals surface area contributed by atoms with E-state index in [9.17, 15) is 9.59 Å². The van der Waals surface area contributed by atoms with E-state index in [1.54, 1.807) is 30.8 Å². The summed E-state index contributed by atoms with van der Waals surface area (Å²) in [6, 6.07) is 15.6. The summed E-state index contributed by atoms with van der Waals surface area (Å²) in [4.78, 5) is 25.5. The Morgan fingerprint density at radius 3 is 2.08 bits per heavy atom. The van der Waals surface area contributed by atoms with Crippen molar-refractivity contribution < 1.29 is 9.59 Å². The molecular formula is C21H26N2O2S. The van der Waals surface area contributed by atoms with Crippen molar-refractivity contribution in [3.05, 3.63) is 59.7 Å². The van der Waals surface area contributed by atoms with E-state index < -0.39 is 0 Å². The van der Waals surface area contributed by atoms with Gasteiger partial charge in [-0.1, -0.05) is 36.4 Å². The van der Waals surface area contributed by atoms with E-state index in [1.165, 1.54) is 0 Å². The molecule has 2 rings (SSSR count). The molecule has 0 aliphatic heterocycles. The number of carbonyl (C=O) groups excluding carboxylic acids is 2. The van der Waals surface area contributed by atoms with Crippen LogP contribution in [0.5, 0.6) is 0 Å². The number of thioether (sulfide) groups is 1. The molecule has 0 aliphatic rings. The molecule has 0 bridgehead atoms. The van der Waals surface area contributed by atoms with Gasteiger partial charge in [-0.25, -0.2) is 0 Å². The number of carbonyl (C=O) groups is 2. The SMILES string of the molecule is CSCCCNC(=O)c1ccc(-c2ccc(CC(=O)N(C)C)cc2)cc1. The molecule has 2 aromatic carbocycles. The van der Waals surface area contributed by atoms with Crippen molar-refractivity contribution in [1.29, 1.82) is 0 Å². The number of hydrogen-bond acceptors (Lipinski definition) is 3. The molecule has 0 fully saturated rings. The average molecular weight is 371 g/mol. The maximum absolute atomic E-state index is 12.1. The summed E-state index contributed by atoms with van der Waals surface area (Å²) in [5, 5.41) is 2.94. The lowest BCUT2D eigenvalue weighted by atomic mass is 10.0. The largest absolute Gasteiger partial charge is 0.352 e. The van der Waals surface area contributed by atoms with Gasteiger partial charge in [-0.2, -0.15) is 11.8 Å². The zero-order valence-corrected chi connectivity index (χ0v) is 16.4. The minimum atomic E-state index is -0.0322. The Balaban J connectivity index is 1.97. The minimum absolute atomic E-state index is 0.0322. The molecule has 138 valence electrons. The van der Waals surface area contributed by atoms with E-state index in [0.717, 1.165) is 28.9 Å². The first-order valence-electron chi connectivity index (χ1n) is 8.68. The van der Waals surface area contributed by atoms with Gasteiger partial charge in [0.05, 0.1) is 6.42 Å². The lowest BCUT2D eigenvalue weighted by Crippen LogP contribution is -2.24. The summed E-state index contributed by atoms with van der Waals surface area (Å²) in [5.74, 6) is 1.11. The Morgan fingerprint density at radius 2 is 1.54 bits per heavy atom. The zero-order chi connectivity index (χ0) is 18.9. The van der Waals surface area contributed by atoms with Gasteiger partial charge in [0.25, 0.3) is 5.91 Å². The molecule has 2 amide bonds. The number of likely N-dealkylation sites (N-methyl/N-ethyl adjacent to an activating group) is 1. The van der Waals surface area contributed by atoms with E-state index in [-0.39, 0.29) is 11.8 Å². The quantitative estimate of drug-likeness (QED) is 0.724. The molecule has 5 heteroatoms. The van der Waals surface area contributed by atoms with Gasteiger partial charge in [0.1, 0.15) is 0 Å². The minimum Gasteiger partial charge on any atom is -0.352 e. The van der Waals surface area contributed by atoms with Gasteiger partial charge in [0, 0.05) is 26.2 Å². The van der Waals surface area contributed by atoms with Crippen LogP contribution in [-0.2, 0) is 11.2 Å². The van der Waals surface area contributed by atoms with E-state index in [4.69, 9.17) is 0 Å². The van der Waals surface area contributed by atoms with Gasteiger partial charge >= 0.3 is 0 Å². The molecule has 4 nitrogen and oxygen atoms in total. The van der Waals surface area contributed by atoms with Crippen molar-refractivity contribution in [2.45, 2.75) is 12.8 Å². The fourth-order valence-electron chi connectivity index (χ4n) is 2.48. The Bertz CT molecular complexity index is 725. The predicted octanol–water partition coefficient (Wildman–Crippen LogP) is 3.47. The van der Waals surface area contributed by atoms with Crippen molar-refractivity contribution >= 4 is 23.6 Å². The lowest BCUT2D eigenvalue weighted by Gasteiger charge is -2.10. The van der Waals surface area contributed by atoms with Crippen molar-refractivity contribution in [2.24, 2.45) is 0 Å². The lowest BCUT2D eigenvalue weighted by molar-refractivity contribution is -0.127. The van der Waals surface area contributed by atoms with Crippen LogP contribution in [0.25, 0.3) is 11.1 Å². The number of benzene rings is 2. The van der Waals surface area contributed by atoms with E-state index in [1.807, 2.05) is 48.5 Å². The monoisotopic (exact) mass is 370 g/mol. The third-order valence-corrected chi connectivity index (χ3v) is 4.80. The molecule has 2 aromatic rings. The molecule has 0 saturated carbocycles. The highest BCUT2D eigenvalue weighted by Crippen LogP contribution is 2.20. The van der Waals surface area contributed by atoms with Gasteiger partial charge in [0.2, 0.25) is 5.91 Å². The van der Waals surface area contributed by atoms with Gasteiger partial charge in [0.15, 0.2) is 0 Å². The second-order valence-corrected chi connectivity index (χ2v) is 7.33. The molecule has 26 heavy (non-hydrogen) atoms. The van der Waals surface area contributed by atoms with Gasteiger partial charge in [-0.05, 0) is 47.3 Å². The normalized spacial score (nSPS) is 10.4.